The molecule has 6 rings (SSSR count). The Morgan fingerprint density at radius 1 is 1.03 bits per heavy atom. The fourth-order valence-electron chi connectivity index (χ4n) is 5.65. The van der Waals surface area contributed by atoms with Crippen LogP contribution in [0.15, 0.2) is 11.1 Å². The molecule has 1 saturated heterocycles. The molecule has 2 bridgehead atoms. The highest BCUT2D eigenvalue weighted by molar-refractivity contribution is 6.30. The Labute approximate surface area is 186 Å². The van der Waals surface area contributed by atoms with Gasteiger partial charge in [-0.1, -0.05) is 0 Å². The minimum Gasteiger partial charge on any atom is -0.507 e. The molecule has 0 saturated carbocycles. The maximum Gasteiger partial charge on any atom is 0.306 e. The van der Waals surface area contributed by atoms with Crippen LogP contribution in [0, 0.1) is 0 Å². The number of Topliss-reactive ketones (excluding diaryl/α,β-unsaturated/α-hetero) is 2. The molecule has 7 unspecified atom stereocenters. The van der Waals surface area contributed by atoms with Crippen molar-refractivity contribution in [2.24, 2.45) is 0 Å². The van der Waals surface area contributed by atoms with Gasteiger partial charge >= 0.3 is 5.97 Å². The number of phenolic OH excluding ortho intramolecular Hbond substituents is 2. The molecular weight excluding hydrogens is 440 g/mol. The molecule has 0 radical (unpaired) electrons. The van der Waals surface area contributed by atoms with Gasteiger partial charge in [-0.15, -0.1) is 0 Å². The average Bonchev–Trinajstić information content (AvgIpc) is 2.72. The predicted molar refractivity (Wildman–Crippen MR) is 106 cm³/mol. The zero-order valence-electron chi connectivity index (χ0n) is 17.6. The zero-order chi connectivity index (χ0) is 24.1. The highest BCUT2D eigenvalue weighted by atomic mass is 16.5. The molecule has 3 heterocycles. The molecule has 0 amide bonds. The topological polar surface area (TPSA) is 191 Å². The van der Waals surface area contributed by atoms with Gasteiger partial charge in [0.05, 0.1) is 48.1 Å². The highest BCUT2D eigenvalue weighted by Crippen LogP contribution is 2.59. The van der Waals surface area contributed by atoms with Crippen molar-refractivity contribution in [2.75, 3.05) is 0 Å². The van der Waals surface area contributed by atoms with E-state index in [1.807, 2.05) is 0 Å². The van der Waals surface area contributed by atoms with E-state index in [2.05, 4.69) is 0 Å². The van der Waals surface area contributed by atoms with Gasteiger partial charge in [-0.25, -0.2) is 0 Å². The number of rotatable bonds is 2. The molecule has 176 valence electrons. The molecule has 1 fully saturated rings. The summed E-state index contributed by atoms with van der Waals surface area (Å²) in [6, 6.07) is 0. The Morgan fingerprint density at radius 2 is 1.64 bits per heavy atom. The van der Waals surface area contributed by atoms with Crippen LogP contribution in [0.1, 0.15) is 64.6 Å². The summed E-state index contributed by atoms with van der Waals surface area (Å²) in [6.07, 6.45) is -8.22. The quantitative estimate of drug-likeness (QED) is 0.319. The van der Waals surface area contributed by atoms with Crippen LogP contribution in [0.5, 0.6) is 11.5 Å². The SMILES string of the molecule is CC1OC(CC(=O)O)C(O)C2=C1C(=O)c1c(O)c3c(c(O)c1C2=O)C1CC(O)C3(O)C(C)O1. The molecule has 11 nitrogen and oxygen atoms in total. The molecule has 7 atom stereocenters. The van der Waals surface area contributed by atoms with Crippen LogP contribution in [0.25, 0.3) is 0 Å². The maximum absolute atomic E-state index is 13.5. The number of aliphatic hydroxyl groups excluding tert-OH is 2. The first-order valence-electron chi connectivity index (χ1n) is 10.5. The average molecular weight is 462 g/mol. The lowest BCUT2D eigenvalue weighted by atomic mass is 9.66. The molecule has 1 aromatic rings. The summed E-state index contributed by atoms with van der Waals surface area (Å²) in [7, 11) is 0. The third kappa shape index (κ3) is 2.59. The Bertz CT molecular complexity index is 1150. The highest BCUT2D eigenvalue weighted by Gasteiger charge is 2.60. The second-order valence-electron chi connectivity index (χ2n) is 8.92. The van der Waals surface area contributed by atoms with Gasteiger partial charge in [0.2, 0.25) is 0 Å². The van der Waals surface area contributed by atoms with E-state index in [0.717, 1.165) is 0 Å². The molecule has 33 heavy (non-hydrogen) atoms. The summed E-state index contributed by atoms with van der Waals surface area (Å²) in [6.45, 7) is 2.87. The first-order chi connectivity index (χ1) is 15.4. The van der Waals surface area contributed by atoms with E-state index >= 15 is 0 Å². The van der Waals surface area contributed by atoms with Gasteiger partial charge in [-0.3, -0.25) is 14.4 Å². The van der Waals surface area contributed by atoms with Crippen LogP contribution in [0.4, 0.5) is 0 Å². The van der Waals surface area contributed by atoms with E-state index in [4.69, 9.17) is 14.6 Å². The summed E-state index contributed by atoms with van der Waals surface area (Å²) in [5.41, 5.74) is -4.34. The maximum atomic E-state index is 13.5. The smallest absolute Gasteiger partial charge is 0.306 e. The second-order valence-corrected chi connectivity index (χ2v) is 8.92. The first kappa shape index (κ1) is 22.0. The van der Waals surface area contributed by atoms with Crippen molar-refractivity contribution in [3.05, 3.63) is 33.4 Å². The van der Waals surface area contributed by atoms with E-state index in [0.29, 0.717) is 0 Å². The molecule has 2 aliphatic carbocycles. The number of aromatic hydroxyl groups is 2. The van der Waals surface area contributed by atoms with Gasteiger partial charge in [0.15, 0.2) is 11.6 Å². The lowest BCUT2D eigenvalue weighted by molar-refractivity contribution is -0.246. The number of aliphatic hydroxyl groups is 3. The van der Waals surface area contributed by atoms with Crippen LogP contribution in [0.3, 0.4) is 0 Å². The second kappa shape index (κ2) is 6.84. The van der Waals surface area contributed by atoms with Crippen molar-refractivity contribution < 1.29 is 54.5 Å². The van der Waals surface area contributed by atoms with Crippen LogP contribution >= 0.6 is 0 Å². The zero-order valence-corrected chi connectivity index (χ0v) is 17.6. The fraction of sp³-hybridized carbons (Fsp3) is 0.500. The van der Waals surface area contributed by atoms with E-state index in [1.54, 1.807) is 0 Å². The normalized spacial score (nSPS) is 37.0. The number of aliphatic carboxylic acids is 1. The summed E-state index contributed by atoms with van der Waals surface area (Å²) in [5.74, 6) is -4.63. The predicted octanol–water partition coefficient (Wildman–Crippen LogP) is -0.192. The Balaban J connectivity index is 1.76. The van der Waals surface area contributed by atoms with Gasteiger partial charge in [0.25, 0.3) is 0 Å². The van der Waals surface area contributed by atoms with Gasteiger partial charge in [-0.05, 0) is 13.8 Å². The lowest BCUT2D eigenvalue weighted by Crippen LogP contribution is -2.58. The summed E-state index contributed by atoms with van der Waals surface area (Å²) in [4.78, 5) is 38.1. The lowest BCUT2D eigenvalue weighted by Gasteiger charge is -2.52. The number of ketones is 2. The molecule has 1 aromatic carbocycles. The third-order valence-electron chi connectivity index (χ3n) is 7.18. The molecule has 0 aromatic heterocycles. The number of carbonyl (C=O) groups is 3. The van der Waals surface area contributed by atoms with E-state index in [-0.39, 0.29) is 23.1 Å². The Hall–Kier alpha value is -2.83. The van der Waals surface area contributed by atoms with Crippen molar-refractivity contribution >= 4 is 17.5 Å². The number of phenols is 2. The number of hydrogen-bond acceptors (Lipinski definition) is 10. The van der Waals surface area contributed by atoms with Crippen molar-refractivity contribution in [3.8, 4) is 11.5 Å². The molecule has 11 heteroatoms. The number of carboxylic acids is 1. The standard InChI is InChI=1S/C22H22O11/c1-5-11-13(17(26)8(32-5)4-10(24)25)20(29)14-15(18(11)27)21(30)16-12(19(14)28)7-3-9(23)22(16,31)6(2)33-7/h5-9,17,23,26,28,30-31H,3-4H2,1-2H3,(H,24,25). The molecule has 0 spiro atoms. The minimum absolute atomic E-state index is 0.112. The van der Waals surface area contributed by atoms with Gasteiger partial charge in [0.1, 0.15) is 23.2 Å². The molecule has 6 N–H and O–H groups in total. The summed E-state index contributed by atoms with van der Waals surface area (Å²) < 4.78 is 11.1. The van der Waals surface area contributed by atoms with Gasteiger partial charge in [0, 0.05) is 28.7 Å². The number of carbonyl (C=O) groups excluding carboxylic acids is 2. The van der Waals surface area contributed by atoms with Crippen molar-refractivity contribution in [1.29, 1.82) is 0 Å². The van der Waals surface area contributed by atoms with Crippen molar-refractivity contribution in [2.45, 2.75) is 68.9 Å². The summed E-state index contributed by atoms with van der Waals surface area (Å²) >= 11 is 0. The fourth-order valence-corrected chi connectivity index (χ4v) is 5.65. The number of ether oxygens (including phenoxy) is 2. The Morgan fingerprint density at radius 3 is 2.24 bits per heavy atom. The van der Waals surface area contributed by atoms with E-state index < -0.39 is 94.4 Å². The van der Waals surface area contributed by atoms with Gasteiger partial charge < -0.3 is 40.1 Å². The first-order valence-corrected chi connectivity index (χ1v) is 10.5. The van der Waals surface area contributed by atoms with Crippen LogP contribution in [-0.4, -0.2) is 78.7 Å². The largest absolute Gasteiger partial charge is 0.507 e. The van der Waals surface area contributed by atoms with Crippen LogP contribution < -0.4 is 0 Å². The Kier molecular flexibility index (Phi) is 4.56. The third-order valence-corrected chi connectivity index (χ3v) is 7.18. The van der Waals surface area contributed by atoms with Crippen LogP contribution in [0.2, 0.25) is 0 Å². The number of benzene rings is 1. The summed E-state index contributed by atoms with van der Waals surface area (Å²) in [5, 5.41) is 63.7. The molecule has 5 aliphatic rings. The number of hydrogen-bond donors (Lipinski definition) is 6. The number of fused-ring (bicyclic) bond motifs is 3. The van der Waals surface area contributed by atoms with E-state index in [9.17, 15) is 39.9 Å². The molecule has 3 aliphatic heterocycles. The monoisotopic (exact) mass is 462 g/mol. The van der Waals surface area contributed by atoms with Crippen molar-refractivity contribution in [3.63, 3.8) is 0 Å². The number of carboxylic acid groups (broad SMARTS) is 1. The molecular formula is C22H22O11. The van der Waals surface area contributed by atoms with Crippen LogP contribution in [-0.2, 0) is 19.9 Å². The van der Waals surface area contributed by atoms with Gasteiger partial charge in [-0.2, -0.15) is 0 Å². The van der Waals surface area contributed by atoms with Crippen molar-refractivity contribution in [1.82, 2.24) is 0 Å². The van der Waals surface area contributed by atoms with E-state index in [1.165, 1.54) is 13.8 Å². The minimum atomic E-state index is -2.14.